The van der Waals surface area contributed by atoms with E-state index in [2.05, 4.69) is 6.92 Å². The summed E-state index contributed by atoms with van der Waals surface area (Å²) in [6.45, 7) is 2.64. The second-order valence-electron chi connectivity index (χ2n) is 6.57. The van der Waals surface area contributed by atoms with Gasteiger partial charge in [0.05, 0.1) is 6.61 Å². The van der Waals surface area contributed by atoms with E-state index in [9.17, 15) is 27.7 Å². The summed E-state index contributed by atoms with van der Waals surface area (Å²) in [7, 11) is -5.00. The number of ketones is 1. The van der Waals surface area contributed by atoms with E-state index < -0.39 is 33.5 Å². The third-order valence-electron chi connectivity index (χ3n) is 4.19. The molecule has 0 aromatic rings. The zero-order chi connectivity index (χ0) is 19.8. The molecule has 7 nitrogen and oxygen atoms in total. The molecule has 154 valence electrons. The van der Waals surface area contributed by atoms with Gasteiger partial charge in [-0.05, 0) is 6.42 Å². The molecule has 0 fully saturated rings. The Morgan fingerprint density at radius 1 is 0.857 bits per heavy atom. The number of carbonyl (C=O) groups is 2. The Kier molecular flexibility index (Phi) is 25.5. The third kappa shape index (κ3) is 20.3. The van der Waals surface area contributed by atoms with Crippen LogP contribution in [0.1, 0.15) is 84.0 Å². The normalized spacial score (nSPS) is 11.9. The Hall–Kier alpha value is 1.01. The first-order valence-corrected chi connectivity index (χ1v) is 11.0. The third-order valence-corrected chi connectivity index (χ3v) is 5.32. The first kappa shape index (κ1) is 33.6. The minimum atomic E-state index is -5.00. The van der Waals surface area contributed by atoms with E-state index in [4.69, 9.17) is 4.74 Å². The van der Waals surface area contributed by atoms with E-state index in [1.807, 2.05) is 0 Å². The van der Waals surface area contributed by atoms with Gasteiger partial charge in [0.25, 0.3) is 0 Å². The van der Waals surface area contributed by atoms with Crippen molar-refractivity contribution in [2.45, 2.75) is 89.2 Å². The predicted octanol–water partition coefficient (Wildman–Crippen LogP) is -4.06. The molecular weight excluding hydrogens is 406 g/mol. The van der Waals surface area contributed by atoms with Crippen LogP contribution in [0, 0.1) is 0 Å². The van der Waals surface area contributed by atoms with Crippen LogP contribution in [0.25, 0.3) is 0 Å². The smallest absolute Gasteiger partial charge is 0.747 e. The molecule has 0 aromatic heterocycles. The van der Waals surface area contributed by atoms with Crippen molar-refractivity contribution in [3.63, 3.8) is 0 Å². The SMILES string of the molecule is CCCCCCCCCCCCOCCC(=O)C(CC(=O)[O-])S(=O)(=O)[O-].[Na+].[Na+]. The van der Waals surface area contributed by atoms with Crippen LogP contribution in [-0.2, 0) is 24.4 Å². The number of carboxylic acid groups (broad SMARTS) is 1. The molecule has 10 heteroatoms. The molecule has 0 N–H and O–H groups in total. The first-order valence-electron chi connectivity index (χ1n) is 9.54. The number of hydrogen-bond acceptors (Lipinski definition) is 7. The topological polar surface area (TPSA) is 124 Å². The monoisotopic (exact) mass is 438 g/mol. The van der Waals surface area contributed by atoms with Gasteiger partial charge in [-0.3, -0.25) is 4.79 Å². The van der Waals surface area contributed by atoms with E-state index in [0.717, 1.165) is 19.3 Å². The summed E-state index contributed by atoms with van der Waals surface area (Å²) in [6.07, 6.45) is 10.6. The van der Waals surface area contributed by atoms with Crippen molar-refractivity contribution in [3.05, 3.63) is 0 Å². The maximum atomic E-state index is 11.7. The molecule has 0 aromatic carbocycles. The molecule has 0 spiro atoms. The zero-order valence-electron chi connectivity index (χ0n) is 17.7. The molecule has 0 aliphatic heterocycles. The number of ether oxygens (including phenoxy) is 1. The molecule has 0 saturated heterocycles. The van der Waals surface area contributed by atoms with E-state index in [1.165, 1.54) is 44.9 Å². The minimum absolute atomic E-state index is 0. The molecule has 0 rings (SSSR count). The molecule has 0 radical (unpaired) electrons. The van der Waals surface area contributed by atoms with Crippen molar-refractivity contribution < 1.29 is 91.5 Å². The van der Waals surface area contributed by atoms with Crippen LogP contribution < -0.4 is 64.2 Å². The van der Waals surface area contributed by atoms with Gasteiger partial charge in [-0.1, -0.05) is 64.7 Å². The Morgan fingerprint density at radius 3 is 1.75 bits per heavy atom. The predicted molar refractivity (Wildman–Crippen MR) is 95.4 cm³/mol. The van der Waals surface area contributed by atoms with Crippen LogP contribution >= 0.6 is 0 Å². The fourth-order valence-electron chi connectivity index (χ4n) is 2.66. The Morgan fingerprint density at radius 2 is 1.32 bits per heavy atom. The largest absolute Gasteiger partial charge is 1.00 e. The average Bonchev–Trinajstić information content (AvgIpc) is 2.55. The number of carboxylic acids is 1. The average molecular weight is 438 g/mol. The van der Waals surface area contributed by atoms with Crippen molar-refractivity contribution in [2.24, 2.45) is 0 Å². The molecule has 0 aliphatic rings. The fourth-order valence-corrected chi connectivity index (χ4v) is 3.44. The summed E-state index contributed by atoms with van der Waals surface area (Å²) < 4.78 is 38.1. The van der Waals surface area contributed by atoms with Crippen LogP contribution in [0.4, 0.5) is 0 Å². The van der Waals surface area contributed by atoms with Crippen molar-refractivity contribution in [2.75, 3.05) is 13.2 Å². The number of Topliss-reactive ketones (excluding diaryl/α,β-unsaturated/α-hetero) is 1. The summed E-state index contributed by atoms with van der Waals surface area (Å²) in [5.74, 6) is -2.68. The van der Waals surface area contributed by atoms with Gasteiger partial charge in [0, 0.05) is 25.4 Å². The van der Waals surface area contributed by atoms with Gasteiger partial charge in [-0.15, -0.1) is 0 Å². The van der Waals surface area contributed by atoms with E-state index in [0.29, 0.717) is 6.61 Å². The van der Waals surface area contributed by atoms with Gasteiger partial charge in [-0.2, -0.15) is 0 Å². The van der Waals surface area contributed by atoms with Gasteiger partial charge in [0.15, 0.2) is 5.78 Å². The number of unbranched alkanes of at least 4 members (excludes halogenated alkanes) is 9. The molecule has 0 heterocycles. The second kappa shape index (κ2) is 21.2. The molecule has 0 amide bonds. The molecule has 1 unspecified atom stereocenters. The number of hydrogen-bond donors (Lipinski definition) is 0. The molecule has 1 atom stereocenters. The van der Waals surface area contributed by atoms with Gasteiger partial charge in [0.2, 0.25) is 0 Å². The second-order valence-corrected chi connectivity index (χ2v) is 8.12. The molecule has 0 saturated carbocycles. The van der Waals surface area contributed by atoms with Gasteiger partial charge in [0.1, 0.15) is 15.4 Å². The summed E-state index contributed by atoms with van der Waals surface area (Å²) >= 11 is 0. The van der Waals surface area contributed by atoms with Gasteiger partial charge < -0.3 is 19.2 Å². The summed E-state index contributed by atoms with van der Waals surface area (Å²) in [5, 5.41) is 8.36. The minimum Gasteiger partial charge on any atom is -0.747 e. The number of rotatable bonds is 18. The van der Waals surface area contributed by atoms with Crippen LogP contribution in [0.2, 0.25) is 0 Å². The standard InChI is InChI=1S/C18H34O7S.2Na/c1-2-3-4-5-6-7-8-9-10-11-13-25-14-12-16(19)17(15-18(20)21)26(22,23)24;;/h17H,2-15H2,1H3,(H,20,21)(H,22,23,24);;/q;2*+1/p-2. The Balaban J connectivity index is -0.00000312. The first-order chi connectivity index (χ1) is 12.3. The van der Waals surface area contributed by atoms with Crippen LogP contribution in [0.3, 0.4) is 0 Å². The van der Waals surface area contributed by atoms with Crippen molar-refractivity contribution in [3.8, 4) is 0 Å². The molecular formula is C18H32Na2O7S. The summed E-state index contributed by atoms with van der Waals surface area (Å²) in [4.78, 5) is 22.1. The van der Waals surface area contributed by atoms with Gasteiger partial charge in [-0.25, -0.2) is 8.42 Å². The van der Waals surface area contributed by atoms with Crippen molar-refractivity contribution >= 4 is 21.9 Å². The quantitative estimate of drug-likeness (QED) is 0.121. The van der Waals surface area contributed by atoms with Crippen LogP contribution in [0.5, 0.6) is 0 Å². The zero-order valence-corrected chi connectivity index (χ0v) is 22.6. The fraction of sp³-hybridized carbons (Fsp3) is 0.889. The van der Waals surface area contributed by atoms with E-state index in [1.54, 1.807) is 0 Å². The van der Waals surface area contributed by atoms with Crippen molar-refractivity contribution in [1.29, 1.82) is 0 Å². The van der Waals surface area contributed by atoms with Crippen LogP contribution in [0.15, 0.2) is 0 Å². The van der Waals surface area contributed by atoms with E-state index in [-0.39, 0.29) is 72.1 Å². The van der Waals surface area contributed by atoms with E-state index >= 15 is 0 Å². The maximum absolute atomic E-state index is 11.7. The van der Waals surface area contributed by atoms with Crippen molar-refractivity contribution in [1.82, 2.24) is 0 Å². The molecule has 28 heavy (non-hydrogen) atoms. The number of carbonyl (C=O) groups excluding carboxylic acids is 2. The maximum Gasteiger partial charge on any atom is 1.00 e. The summed E-state index contributed by atoms with van der Waals surface area (Å²) in [6, 6.07) is 0. The summed E-state index contributed by atoms with van der Waals surface area (Å²) in [5.41, 5.74) is 0. The van der Waals surface area contributed by atoms with Crippen LogP contribution in [-0.4, -0.2) is 43.2 Å². The Bertz CT molecular complexity index is 498. The molecule has 0 bridgehead atoms. The molecule has 0 aliphatic carbocycles. The Labute approximate surface area is 214 Å². The number of aliphatic carboxylic acids is 1. The van der Waals surface area contributed by atoms with Gasteiger partial charge >= 0.3 is 59.1 Å².